The summed E-state index contributed by atoms with van der Waals surface area (Å²) in [7, 11) is 1.46. The molecule has 0 heterocycles. The number of hydrogen-bond donors (Lipinski definition) is 2. The van der Waals surface area contributed by atoms with E-state index in [1.54, 1.807) is 0 Å². The molecular formula is C71H126N2O7P+. The highest BCUT2D eigenvalue weighted by atomic mass is 31.2. The molecule has 81 heavy (non-hydrogen) atoms. The van der Waals surface area contributed by atoms with E-state index in [2.05, 4.69) is 123 Å². The molecule has 3 unspecified atom stereocenters. The van der Waals surface area contributed by atoms with Crippen LogP contribution in [0.5, 0.6) is 0 Å². The number of likely N-dealkylation sites (N-methyl/N-ethyl adjacent to an activating group) is 1. The van der Waals surface area contributed by atoms with Crippen molar-refractivity contribution in [1.29, 1.82) is 0 Å². The number of amides is 1. The van der Waals surface area contributed by atoms with Crippen LogP contribution in [0.25, 0.3) is 0 Å². The Kier molecular flexibility index (Phi) is 57.4. The molecule has 0 aromatic heterocycles. The Morgan fingerprint density at radius 3 is 1.22 bits per heavy atom. The van der Waals surface area contributed by atoms with Crippen LogP contribution in [0.15, 0.2) is 109 Å². The molecule has 0 aliphatic heterocycles. The minimum Gasteiger partial charge on any atom is -0.456 e. The highest BCUT2D eigenvalue weighted by Gasteiger charge is 2.30. The fourth-order valence-electron chi connectivity index (χ4n) is 9.09. The van der Waals surface area contributed by atoms with Gasteiger partial charge in [0.05, 0.1) is 33.8 Å². The summed E-state index contributed by atoms with van der Waals surface area (Å²) < 4.78 is 30.8. The van der Waals surface area contributed by atoms with Crippen LogP contribution in [-0.2, 0) is 27.9 Å². The second-order valence-corrected chi connectivity index (χ2v) is 24.7. The lowest BCUT2D eigenvalue weighted by Crippen LogP contribution is -2.47. The fraction of sp³-hybridized carbons (Fsp3) is 0.718. The molecule has 0 bridgehead atoms. The number of unbranched alkanes of at least 4 members (excludes halogenated alkanes) is 27. The third-order valence-corrected chi connectivity index (χ3v) is 15.2. The van der Waals surface area contributed by atoms with Crippen molar-refractivity contribution in [3.8, 4) is 0 Å². The van der Waals surface area contributed by atoms with Crippen LogP contribution >= 0.6 is 7.82 Å². The van der Waals surface area contributed by atoms with E-state index < -0.39 is 20.0 Å². The van der Waals surface area contributed by atoms with Crippen LogP contribution in [0, 0.1) is 0 Å². The lowest BCUT2D eigenvalue weighted by Gasteiger charge is -2.27. The Morgan fingerprint density at radius 2 is 0.790 bits per heavy atom. The maximum Gasteiger partial charge on any atom is 0.472 e. The van der Waals surface area contributed by atoms with Gasteiger partial charge in [0, 0.05) is 12.8 Å². The Balaban J connectivity index is 5.27. The van der Waals surface area contributed by atoms with Gasteiger partial charge in [-0.1, -0.05) is 259 Å². The third kappa shape index (κ3) is 61.1. The number of quaternary nitrogens is 1. The highest BCUT2D eigenvalue weighted by molar-refractivity contribution is 7.47. The maximum absolute atomic E-state index is 13.6. The molecule has 0 fully saturated rings. The topological polar surface area (TPSA) is 111 Å². The van der Waals surface area contributed by atoms with E-state index in [1.807, 2.05) is 33.3 Å². The van der Waals surface area contributed by atoms with Gasteiger partial charge >= 0.3 is 13.8 Å². The summed E-state index contributed by atoms with van der Waals surface area (Å²) >= 11 is 0. The quantitative estimate of drug-likeness (QED) is 0.0205. The Bertz CT molecular complexity index is 1750. The second kappa shape index (κ2) is 59.8. The summed E-state index contributed by atoms with van der Waals surface area (Å²) in [5.74, 6) is -0.549. The van der Waals surface area contributed by atoms with Crippen LogP contribution in [0.1, 0.15) is 278 Å². The van der Waals surface area contributed by atoms with Crippen molar-refractivity contribution in [2.75, 3.05) is 40.9 Å². The molecule has 0 saturated heterocycles. The number of esters is 1. The van der Waals surface area contributed by atoms with Gasteiger partial charge in [-0.25, -0.2) is 4.57 Å². The smallest absolute Gasteiger partial charge is 0.456 e. The second-order valence-electron chi connectivity index (χ2n) is 23.3. The van der Waals surface area contributed by atoms with E-state index in [0.29, 0.717) is 17.4 Å². The fourth-order valence-corrected chi connectivity index (χ4v) is 9.83. The van der Waals surface area contributed by atoms with E-state index in [1.165, 1.54) is 122 Å². The van der Waals surface area contributed by atoms with Crippen molar-refractivity contribution in [3.63, 3.8) is 0 Å². The van der Waals surface area contributed by atoms with E-state index in [0.717, 1.165) is 116 Å². The number of rotatable bonds is 59. The molecular weight excluding hydrogens is 1020 g/mol. The average Bonchev–Trinajstić information content (AvgIpc) is 3.44. The van der Waals surface area contributed by atoms with Crippen molar-refractivity contribution in [1.82, 2.24) is 5.32 Å². The monoisotopic (exact) mass is 1150 g/mol. The van der Waals surface area contributed by atoms with Gasteiger partial charge in [0.1, 0.15) is 19.3 Å². The Hall–Kier alpha value is -3.33. The van der Waals surface area contributed by atoms with Gasteiger partial charge < -0.3 is 19.4 Å². The standard InChI is InChI=1S/C71H125N2O7P/c1-7-10-13-16-19-22-25-28-30-32-34-35-36-37-39-41-43-46-49-52-55-58-61-64-71(75)80-69(62-59-56-53-50-47-44-27-24-21-18-15-12-9-3)68(67-79-81(76,77)78-66-65-73(4,5)6)72-70(74)63-60-57-54-51-48-45-42-40-38-33-31-29-26-23-20-17-14-11-8-2/h11,14,19-20,22-23,28-31,34-35,38,40,45,48,59,62,68-69H,7-10,12-13,15-18,21,24-27,32-33,36-37,39,41-44,46-47,49-58,60-61,63-67H2,1-6H3,(H-,72,74,76,77)/p+1/b14-11-,22-19-,23-20-,30-28-,31-29-,35-34-,40-38-,48-45-,62-59+. The minimum absolute atomic E-state index is 0.0278. The number of phosphoric ester groups is 1. The highest BCUT2D eigenvalue weighted by Crippen LogP contribution is 2.43. The van der Waals surface area contributed by atoms with Gasteiger partial charge in [-0.3, -0.25) is 18.6 Å². The molecule has 10 heteroatoms. The summed E-state index contributed by atoms with van der Waals surface area (Å²) in [6.07, 6.45) is 82.3. The number of carbonyl (C=O) groups is 2. The molecule has 0 radical (unpaired) electrons. The van der Waals surface area contributed by atoms with Crippen molar-refractivity contribution in [3.05, 3.63) is 109 Å². The average molecular weight is 1150 g/mol. The van der Waals surface area contributed by atoms with Crippen molar-refractivity contribution < 1.29 is 37.3 Å². The number of carbonyl (C=O) groups excluding carboxylic acids is 2. The Labute approximate surface area is 500 Å². The summed E-state index contributed by atoms with van der Waals surface area (Å²) in [6, 6.07) is -0.875. The number of allylic oxidation sites excluding steroid dienone is 17. The van der Waals surface area contributed by atoms with Crippen LogP contribution in [0.3, 0.4) is 0 Å². The first-order valence-electron chi connectivity index (χ1n) is 33.2. The SMILES string of the molecule is CC/C=C\C/C=C\C/C=C\C/C=C\C/C=C\CCCCCC(=O)NC(COP(=O)(O)OCC[N+](C)(C)C)C(/C=C/CCCCCCCCCCCCC)OC(=O)CCCCCCCCCCCC/C=C\C/C=C\C/C=C\CCCCC. The zero-order valence-electron chi connectivity index (χ0n) is 53.2. The summed E-state index contributed by atoms with van der Waals surface area (Å²) in [5, 5.41) is 3.04. The first-order valence-corrected chi connectivity index (χ1v) is 34.7. The van der Waals surface area contributed by atoms with Gasteiger partial charge in [-0.15, -0.1) is 0 Å². The lowest BCUT2D eigenvalue weighted by atomic mass is 10.0. The van der Waals surface area contributed by atoms with Gasteiger partial charge in [0.25, 0.3) is 0 Å². The zero-order chi connectivity index (χ0) is 59.3. The normalized spacial score (nSPS) is 14.3. The molecule has 0 rings (SSSR count). The van der Waals surface area contributed by atoms with Crippen molar-refractivity contribution >= 4 is 19.7 Å². The predicted octanol–water partition coefficient (Wildman–Crippen LogP) is 20.9. The van der Waals surface area contributed by atoms with Crippen LogP contribution in [-0.4, -0.2) is 74.3 Å². The predicted molar refractivity (Wildman–Crippen MR) is 350 cm³/mol. The number of phosphoric acid groups is 1. The van der Waals surface area contributed by atoms with Crippen molar-refractivity contribution in [2.45, 2.75) is 290 Å². The molecule has 2 N–H and O–H groups in total. The molecule has 0 aromatic carbocycles. The van der Waals surface area contributed by atoms with Crippen molar-refractivity contribution in [2.24, 2.45) is 0 Å². The van der Waals surface area contributed by atoms with Crippen LogP contribution in [0.2, 0.25) is 0 Å². The van der Waals surface area contributed by atoms with E-state index in [-0.39, 0.29) is 37.9 Å². The first-order chi connectivity index (χ1) is 39.4. The molecule has 0 aliphatic rings. The lowest BCUT2D eigenvalue weighted by molar-refractivity contribution is -0.870. The molecule has 0 aliphatic carbocycles. The van der Waals surface area contributed by atoms with Crippen LogP contribution < -0.4 is 5.32 Å². The maximum atomic E-state index is 13.6. The third-order valence-electron chi connectivity index (χ3n) is 14.2. The molecule has 1 amide bonds. The number of hydrogen-bond acceptors (Lipinski definition) is 6. The molecule has 9 nitrogen and oxygen atoms in total. The summed E-state index contributed by atoms with van der Waals surface area (Å²) in [5.41, 5.74) is 0. The molecule has 466 valence electrons. The largest absolute Gasteiger partial charge is 0.472 e. The molecule has 0 spiro atoms. The molecule has 3 atom stereocenters. The van der Waals surface area contributed by atoms with Crippen LogP contribution in [0.4, 0.5) is 0 Å². The number of ether oxygens (including phenoxy) is 1. The zero-order valence-corrected chi connectivity index (χ0v) is 54.1. The van der Waals surface area contributed by atoms with E-state index in [4.69, 9.17) is 13.8 Å². The molecule has 0 aromatic rings. The van der Waals surface area contributed by atoms with E-state index in [9.17, 15) is 19.0 Å². The number of nitrogens with zero attached hydrogens (tertiary/aromatic N) is 1. The minimum atomic E-state index is -4.47. The van der Waals surface area contributed by atoms with Gasteiger partial charge in [0.2, 0.25) is 5.91 Å². The first kappa shape index (κ1) is 77.7. The molecule has 0 saturated carbocycles. The van der Waals surface area contributed by atoms with E-state index >= 15 is 0 Å². The number of nitrogens with one attached hydrogen (secondary N) is 1. The van der Waals surface area contributed by atoms with Gasteiger partial charge in [-0.2, -0.15) is 0 Å². The Morgan fingerprint density at radius 1 is 0.444 bits per heavy atom. The summed E-state index contributed by atoms with van der Waals surface area (Å²) in [4.78, 5) is 37.8. The van der Waals surface area contributed by atoms with Gasteiger partial charge in [0.15, 0.2) is 0 Å². The van der Waals surface area contributed by atoms with Gasteiger partial charge in [-0.05, 0) is 115 Å². The summed E-state index contributed by atoms with van der Waals surface area (Å²) in [6.45, 7) is 6.85.